The van der Waals surface area contributed by atoms with Crippen molar-refractivity contribution in [1.29, 1.82) is 0 Å². The molecule has 1 N–H and O–H groups in total. The summed E-state index contributed by atoms with van der Waals surface area (Å²) in [5.41, 5.74) is -0.697. The molecule has 1 aliphatic heterocycles. The van der Waals surface area contributed by atoms with Gasteiger partial charge in [0, 0.05) is 25.1 Å². The smallest absolute Gasteiger partial charge is 0.289 e. The fourth-order valence-electron chi connectivity index (χ4n) is 2.11. The van der Waals surface area contributed by atoms with Gasteiger partial charge >= 0.3 is 0 Å². The average molecular weight is 253 g/mol. The van der Waals surface area contributed by atoms with Gasteiger partial charge in [0.05, 0.1) is 12.7 Å². The van der Waals surface area contributed by atoms with E-state index in [1.54, 1.807) is 17.0 Å². The molecule has 0 aromatic carbocycles. The normalized spacial score (nSPS) is 28.2. The van der Waals surface area contributed by atoms with Gasteiger partial charge in [-0.25, -0.2) is 0 Å². The first-order valence-electron chi connectivity index (χ1n) is 6.09. The molecule has 2 heterocycles. The summed E-state index contributed by atoms with van der Waals surface area (Å²) in [5.74, 6) is 0.503. The number of carbonyl (C=O) groups is 1. The van der Waals surface area contributed by atoms with Gasteiger partial charge in [-0.1, -0.05) is 6.92 Å². The predicted molar refractivity (Wildman–Crippen MR) is 65.6 cm³/mol. The van der Waals surface area contributed by atoms with Crippen LogP contribution in [0.2, 0.25) is 0 Å². The van der Waals surface area contributed by atoms with Crippen LogP contribution in [-0.2, 0) is 0 Å². The summed E-state index contributed by atoms with van der Waals surface area (Å²) in [5, 5.41) is 10.1. The Bertz CT molecular complexity index is 438. The second-order valence-electron chi connectivity index (χ2n) is 5.08. The zero-order chi connectivity index (χ0) is 13.3. The number of amides is 1. The minimum Gasteiger partial charge on any atom is -0.468 e. The van der Waals surface area contributed by atoms with E-state index in [1.165, 1.54) is 7.11 Å². The number of furan rings is 1. The molecule has 0 unspecified atom stereocenters. The van der Waals surface area contributed by atoms with E-state index in [2.05, 4.69) is 0 Å². The van der Waals surface area contributed by atoms with Crippen LogP contribution < -0.4 is 4.74 Å². The molecule has 18 heavy (non-hydrogen) atoms. The van der Waals surface area contributed by atoms with E-state index in [1.807, 2.05) is 13.8 Å². The Kier molecular flexibility index (Phi) is 3.34. The third-order valence-corrected chi connectivity index (χ3v) is 3.72. The number of hydrogen-bond acceptors (Lipinski definition) is 4. The molecule has 5 nitrogen and oxygen atoms in total. The fourth-order valence-corrected chi connectivity index (χ4v) is 2.11. The highest BCUT2D eigenvalue weighted by Gasteiger charge is 2.36. The molecule has 2 rings (SSSR count). The van der Waals surface area contributed by atoms with Crippen molar-refractivity contribution in [3.05, 3.63) is 17.9 Å². The molecule has 1 amide bonds. The molecule has 2 atom stereocenters. The lowest BCUT2D eigenvalue weighted by atomic mass is 9.84. The SMILES string of the molecule is COc1ccc(C(=O)N2CC[C@](C)(O)[C@H](C)C2)o1. The van der Waals surface area contributed by atoms with Crippen LogP contribution in [0.4, 0.5) is 0 Å². The summed E-state index contributed by atoms with van der Waals surface area (Å²) >= 11 is 0. The van der Waals surface area contributed by atoms with Gasteiger partial charge < -0.3 is 19.2 Å². The van der Waals surface area contributed by atoms with Crippen molar-refractivity contribution < 1.29 is 19.1 Å². The summed E-state index contributed by atoms with van der Waals surface area (Å²) in [7, 11) is 1.49. The summed E-state index contributed by atoms with van der Waals surface area (Å²) < 4.78 is 10.2. The third kappa shape index (κ3) is 2.36. The van der Waals surface area contributed by atoms with Crippen LogP contribution in [0.5, 0.6) is 5.95 Å². The Hall–Kier alpha value is -1.49. The number of nitrogens with zero attached hydrogens (tertiary/aromatic N) is 1. The van der Waals surface area contributed by atoms with Gasteiger partial charge in [0.1, 0.15) is 0 Å². The quantitative estimate of drug-likeness (QED) is 0.868. The van der Waals surface area contributed by atoms with E-state index in [0.29, 0.717) is 25.5 Å². The van der Waals surface area contributed by atoms with Crippen molar-refractivity contribution >= 4 is 5.91 Å². The zero-order valence-electron chi connectivity index (χ0n) is 11.0. The van der Waals surface area contributed by atoms with E-state index in [4.69, 9.17) is 9.15 Å². The predicted octanol–water partition coefficient (Wildman–Crippen LogP) is 1.52. The van der Waals surface area contributed by atoms with Gasteiger partial charge in [0.2, 0.25) is 0 Å². The average Bonchev–Trinajstić information content (AvgIpc) is 2.80. The Morgan fingerprint density at radius 2 is 2.33 bits per heavy atom. The highest BCUT2D eigenvalue weighted by atomic mass is 16.6. The monoisotopic (exact) mass is 253 g/mol. The van der Waals surface area contributed by atoms with E-state index in [-0.39, 0.29) is 17.6 Å². The van der Waals surface area contributed by atoms with E-state index >= 15 is 0 Å². The molecule has 1 saturated heterocycles. The molecule has 0 radical (unpaired) electrons. The first kappa shape index (κ1) is 13.0. The minimum atomic E-state index is -0.697. The Morgan fingerprint density at radius 3 is 2.89 bits per heavy atom. The molecule has 1 aromatic rings. The molecule has 1 fully saturated rings. The summed E-state index contributed by atoms with van der Waals surface area (Å²) in [6, 6.07) is 3.23. The lowest BCUT2D eigenvalue weighted by Crippen LogP contribution is -2.50. The van der Waals surface area contributed by atoms with Crippen LogP contribution in [0.25, 0.3) is 0 Å². The number of carbonyl (C=O) groups excluding carboxylic acids is 1. The van der Waals surface area contributed by atoms with Gasteiger partial charge in [-0.05, 0) is 19.4 Å². The van der Waals surface area contributed by atoms with E-state index in [0.717, 1.165) is 0 Å². The maximum absolute atomic E-state index is 12.2. The summed E-state index contributed by atoms with van der Waals surface area (Å²) in [6.45, 7) is 4.84. The molecule has 5 heteroatoms. The number of likely N-dealkylation sites (tertiary alicyclic amines) is 1. The minimum absolute atomic E-state index is 0.0482. The number of rotatable bonds is 2. The second kappa shape index (κ2) is 4.65. The number of ether oxygens (including phenoxy) is 1. The number of hydrogen-bond donors (Lipinski definition) is 1. The van der Waals surface area contributed by atoms with Crippen LogP contribution in [0.15, 0.2) is 16.5 Å². The molecular formula is C13H19NO4. The highest BCUT2D eigenvalue weighted by Crippen LogP contribution is 2.28. The van der Waals surface area contributed by atoms with Crippen molar-refractivity contribution in [1.82, 2.24) is 4.90 Å². The number of aliphatic hydroxyl groups is 1. The van der Waals surface area contributed by atoms with Crippen LogP contribution in [0.3, 0.4) is 0 Å². The molecular weight excluding hydrogens is 234 g/mol. The Morgan fingerprint density at radius 1 is 1.61 bits per heavy atom. The van der Waals surface area contributed by atoms with E-state index < -0.39 is 5.60 Å². The van der Waals surface area contributed by atoms with Gasteiger partial charge in [0.25, 0.3) is 11.9 Å². The summed E-state index contributed by atoms with van der Waals surface area (Å²) in [6.07, 6.45) is 0.581. The van der Waals surface area contributed by atoms with Crippen molar-refractivity contribution in [2.75, 3.05) is 20.2 Å². The standard InChI is InChI=1S/C13H19NO4/c1-9-8-14(7-6-13(9,2)16)12(15)10-4-5-11(17-3)18-10/h4-5,9,16H,6-8H2,1-3H3/t9-,13+/m1/s1. The number of piperidine rings is 1. The van der Waals surface area contributed by atoms with Crippen LogP contribution >= 0.6 is 0 Å². The molecule has 0 spiro atoms. The molecule has 0 bridgehead atoms. The van der Waals surface area contributed by atoms with E-state index in [9.17, 15) is 9.90 Å². The van der Waals surface area contributed by atoms with Gasteiger partial charge in [-0.3, -0.25) is 4.79 Å². The summed E-state index contributed by atoms with van der Waals surface area (Å²) in [4.78, 5) is 13.9. The van der Waals surface area contributed by atoms with Crippen LogP contribution in [-0.4, -0.2) is 41.7 Å². The molecule has 100 valence electrons. The van der Waals surface area contributed by atoms with Crippen LogP contribution in [0.1, 0.15) is 30.8 Å². The third-order valence-electron chi connectivity index (χ3n) is 3.72. The first-order chi connectivity index (χ1) is 8.44. The fraction of sp³-hybridized carbons (Fsp3) is 0.615. The second-order valence-corrected chi connectivity index (χ2v) is 5.08. The maximum atomic E-state index is 12.2. The Labute approximate surface area is 106 Å². The first-order valence-corrected chi connectivity index (χ1v) is 6.09. The highest BCUT2D eigenvalue weighted by molar-refractivity contribution is 5.91. The van der Waals surface area contributed by atoms with Gasteiger partial charge in [0.15, 0.2) is 5.76 Å². The topological polar surface area (TPSA) is 62.9 Å². The van der Waals surface area contributed by atoms with Crippen molar-refractivity contribution in [2.24, 2.45) is 5.92 Å². The lowest BCUT2D eigenvalue weighted by Gasteiger charge is -2.40. The van der Waals surface area contributed by atoms with Crippen molar-refractivity contribution in [3.63, 3.8) is 0 Å². The molecule has 0 saturated carbocycles. The van der Waals surface area contributed by atoms with Crippen molar-refractivity contribution in [2.45, 2.75) is 25.9 Å². The lowest BCUT2D eigenvalue weighted by molar-refractivity contribution is -0.0445. The largest absolute Gasteiger partial charge is 0.468 e. The molecule has 1 aromatic heterocycles. The van der Waals surface area contributed by atoms with Gasteiger partial charge in [-0.2, -0.15) is 0 Å². The van der Waals surface area contributed by atoms with Crippen LogP contribution in [0, 0.1) is 5.92 Å². The Balaban J connectivity index is 2.07. The zero-order valence-corrected chi connectivity index (χ0v) is 11.0. The van der Waals surface area contributed by atoms with Crippen molar-refractivity contribution in [3.8, 4) is 5.95 Å². The molecule has 1 aliphatic rings. The number of methoxy groups -OCH3 is 1. The maximum Gasteiger partial charge on any atom is 0.289 e. The van der Waals surface area contributed by atoms with Gasteiger partial charge in [-0.15, -0.1) is 0 Å². The molecule has 0 aliphatic carbocycles.